The standard InChI is InChI=1S/C14H28N2O/c1-16(12-14-5-9-17-10-6-14)8-2-3-13-4-7-15-11-13/h13-15H,2-12H2,1H3. The van der Waals surface area contributed by atoms with Crippen LogP contribution in [0.25, 0.3) is 0 Å². The summed E-state index contributed by atoms with van der Waals surface area (Å²) in [5.74, 6) is 1.83. The Morgan fingerprint density at radius 1 is 1.18 bits per heavy atom. The highest BCUT2D eigenvalue weighted by molar-refractivity contribution is 4.72. The highest BCUT2D eigenvalue weighted by Gasteiger charge is 2.17. The molecule has 0 aliphatic carbocycles. The first-order chi connectivity index (χ1) is 8.34. The molecule has 1 unspecified atom stereocenters. The zero-order valence-corrected chi connectivity index (χ0v) is 11.3. The van der Waals surface area contributed by atoms with Gasteiger partial charge in [-0.2, -0.15) is 0 Å². The van der Waals surface area contributed by atoms with Crippen molar-refractivity contribution in [1.82, 2.24) is 10.2 Å². The Morgan fingerprint density at radius 2 is 2.00 bits per heavy atom. The number of rotatable bonds is 6. The fourth-order valence-electron chi connectivity index (χ4n) is 3.07. The highest BCUT2D eigenvalue weighted by Crippen LogP contribution is 2.17. The molecular formula is C14H28N2O. The Hall–Kier alpha value is -0.120. The maximum absolute atomic E-state index is 5.40. The van der Waals surface area contributed by atoms with Crippen molar-refractivity contribution in [2.45, 2.75) is 32.1 Å². The number of ether oxygens (including phenoxy) is 1. The molecule has 0 spiro atoms. The van der Waals surface area contributed by atoms with Crippen molar-refractivity contribution in [2.75, 3.05) is 46.4 Å². The SMILES string of the molecule is CN(CCCC1CCNC1)CC1CCOCC1. The smallest absolute Gasteiger partial charge is 0.0469 e. The Labute approximate surface area is 106 Å². The van der Waals surface area contributed by atoms with Gasteiger partial charge in [0.25, 0.3) is 0 Å². The summed E-state index contributed by atoms with van der Waals surface area (Å²) >= 11 is 0. The van der Waals surface area contributed by atoms with Crippen LogP contribution >= 0.6 is 0 Å². The molecule has 0 aromatic heterocycles. The molecule has 100 valence electrons. The van der Waals surface area contributed by atoms with Crippen molar-refractivity contribution < 1.29 is 4.74 Å². The first kappa shape index (κ1) is 13.3. The minimum absolute atomic E-state index is 0.877. The maximum Gasteiger partial charge on any atom is 0.0469 e. The third kappa shape index (κ3) is 4.94. The molecule has 3 heteroatoms. The Kier molecular flexibility index (Phi) is 5.75. The normalized spacial score (nSPS) is 26.8. The molecule has 0 amide bonds. The Morgan fingerprint density at radius 3 is 2.71 bits per heavy atom. The fourth-order valence-corrected chi connectivity index (χ4v) is 3.07. The van der Waals surface area contributed by atoms with Crippen LogP contribution in [0.15, 0.2) is 0 Å². The van der Waals surface area contributed by atoms with E-state index in [1.807, 2.05) is 0 Å². The number of hydrogen-bond donors (Lipinski definition) is 1. The van der Waals surface area contributed by atoms with Gasteiger partial charge in [-0.15, -0.1) is 0 Å². The van der Waals surface area contributed by atoms with E-state index >= 15 is 0 Å². The molecule has 3 nitrogen and oxygen atoms in total. The van der Waals surface area contributed by atoms with Gasteiger partial charge in [-0.1, -0.05) is 0 Å². The van der Waals surface area contributed by atoms with Gasteiger partial charge in [-0.05, 0) is 70.6 Å². The van der Waals surface area contributed by atoms with Crippen LogP contribution in [0.1, 0.15) is 32.1 Å². The zero-order chi connectivity index (χ0) is 11.9. The quantitative estimate of drug-likeness (QED) is 0.765. The Balaban J connectivity index is 1.52. The van der Waals surface area contributed by atoms with Gasteiger partial charge >= 0.3 is 0 Å². The first-order valence-electron chi connectivity index (χ1n) is 7.31. The van der Waals surface area contributed by atoms with Gasteiger partial charge in [0.15, 0.2) is 0 Å². The molecule has 0 bridgehead atoms. The van der Waals surface area contributed by atoms with Crippen LogP contribution in [-0.2, 0) is 4.74 Å². The molecule has 1 atom stereocenters. The second-order valence-corrected chi connectivity index (χ2v) is 5.82. The average Bonchev–Trinajstić information content (AvgIpc) is 2.83. The lowest BCUT2D eigenvalue weighted by atomic mass is 9.99. The van der Waals surface area contributed by atoms with E-state index in [2.05, 4.69) is 17.3 Å². The summed E-state index contributed by atoms with van der Waals surface area (Å²) in [5.41, 5.74) is 0. The predicted molar refractivity (Wildman–Crippen MR) is 71.3 cm³/mol. The van der Waals surface area contributed by atoms with Crippen LogP contribution in [0.2, 0.25) is 0 Å². The second kappa shape index (κ2) is 7.34. The van der Waals surface area contributed by atoms with Gasteiger partial charge in [-0.25, -0.2) is 0 Å². The molecule has 0 aromatic rings. The highest BCUT2D eigenvalue weighted by atomic mass is 16.5. The lowest BCUT2D eigenvalue weighted by Gasteiger charge is -2.27. The summed E-state index contributed by atoms with van der Waals surface area (Å²) in [6.45, 7) is 6.99. The third-order valence-electron chi connectivity index (χ3n) is 4.23. The van der Waals surface area contributed by atoms with E-state index in [0.717, 1.165) is 25.0 Å². The topological polar surface area (TPSA) is 24.5 Å². The molecule has 2 saturated heterocycles. The molecule has 2 fully saturated rings. The fraction of sp³-hybridized carbons (Fsp3) is 1.00. The van der Waals surface area contributed by atoms with Gasteiger partial charge < -0.3 is 15.0 Å². The number of hydrogen-bond acceptors (Lipinski definition) is 3. The summed E-state index contributed by atoms with van der Waals surface area (Å²) in [6, 6.07) is 0. The van der Waals surface area contributed by atoms with Gasteiger partial charge in [0.2, 0.25) is 0 Å². The second-order valence-electron chi connectivity index (χ2n) is 5.82. The zero-order valence-electron chi connectivity index (χ0n) is 11.3. The summed E-state index contributed by atoms with van der Waals surface area (Å²) in [7, 11) is 2.28. The van der Waals surface area contributed by atoms with Crippen LogP contribution in [0.5, 0.6) is 0 Å². The summed E-state index contributed by atoms with van der Waals surface area (Å²) in [5, 5.41) is 3.45. The number of nitrogens with zero attached hydrogens (tertiary/aromatic N) is 1. The minimum Gasteiger partial charge on any atom is -0.381 e. The van der Waals surface area contributed by atoms with E-state index in [4.69, 9.17) is 4.74 Å². The third-order valence-corrected chi connectivity index (χ3v) is 4.23. The lowest BCUT2D eigenvalue weighted by Crippen LogP contribution is -2.30. The van der Waals surface area contributed by atoms with E-state index in [9.17, 15) is 0 Å². The van der Waals surface area contributed by atoms with Crippen molar-refractivity contribution in [1.29, 1.82) is 0 Å². The van der Waals surface area contributed by atoms with Gasteiger partial charge in [0.1, 0.15) is 0 Å². The first-order valence-corrected chi connectivity index (χ1v) is 7.31. The van der Waals surface area contributed by atoms with Crippen molar-refractivity contribution in [3.63, 3.8) is 0 Å². The predicted octanol–water partition coefficient (Wildman–Crippen LogP) is 1.73. The van der Waals surface area contributed by atoms with Gasteiger partial charge in [0.05, 0.1) is 0 Å². The van der Waals surface area contributed by atoms with E-state index in [-0.39, 0.29) is 0 Å². The molecule has 2 aliphatic heterocycles. The van der Waals surface area contributed by atoms with Gasteiger partial charge in [-0.3, -0.25) is 0 Å². The van der Waals surface area contributed by atoms with Crippen molar-refractivity contribution in [3.8, 4) is 0 Å². The van der Waals surface area contributed by atoms with Crippen LogP contribution < -0.4 is 5.32 Å². The summed E-state index contributed by atoms with van der Waals surface area (Å²) in [6.07, 6.45) is 6.69. The molecule has 2 heterocycles. The number of nitrogens with one attached hydrogen (secondary N) is 1. The lowest BCUT2D eigenvalue weighted by molar-refractivity contribution is 0.0555. The van der Waals surface area contributed by atoms with Crippen LogP contribution in [-0.4, -0.2) is 51.3 Å². The van der Waals surface area contributed by atoms with Gasteiger partial charge in [0, 0.05) is 19.8 Å². The summed E-state index contributed by atoms with van der Waals surface area (Å²) < 4.78 is 5.40. The van der Waals surface area contributed by atoms with Crippen molar-refractivity contribution >= 4 is 0 Å². The van der Waals surface area contributed by atoms with E-state index < -0.39 is 0 Å². The van der Waals surface area contributed by atoms with Crippen LogP contribution in [0.3, 0.4) is 0 Å². The average molecular weight is 240 g/mol. The van der Waals surface area contributed by atoms with Crippen molar-refractivity contribution in [3.05, 3.63) is 0 Å². The monoisotopic (exact) mass is 240 g/mol. The Bertz CT molecular complexity index is 198. The molecule has 0 saturated carbocycles. The molecule has 1 N–H and O–H groups in total. The molecule has 2 rings (SSSR count). The summed E-state index contributed by atoms with van der Waals surface area (Å²) in [4.78, 5) is 2.53. The molecule has 0 radical (unpaired) electrons. The van der Waals surface area contributed by atoms with Crippen LogP contribution in [0.4, 0.5) is 0 Å². The van der Waals surface area contributed by atoms with E-state index in [0.29, 0.717) is 0 Å². The van der Waals surface area contributed by atoms with Crippen LogP contribution in [0, 0.1) is 11.8 Å². The van der Waals surface area contributed by atoms with Crippen molar-refractivity contribution in [2.24, 2.45) is 11.8 Å². The molecule has 2 aliphatic rings. The molecular weight excluding hydrogens is 212 g/mol. The largest absolute Gasteiger partial charge is 0.381 e. The van der Waals surface area contributed by atoms with E-state index in [1.165, 1.54) is 58.3 Å². The van der Waals surface area contributed by atoms with E-state index in [1.54, 1.807) is 0 Å². The molecule has 17 heavy (non-hydrogen) atoms. The molecule has 0 aromatic carbocycles. The minimum atomic E-state index is 0.877. The maximum atomic E-state index is 5.40.